The van der Waals surface area contributed by atoms with Crippen molar-refractivity contribution in [2.75, 3.05) is 26.2 Å². The van der Waals surface area contributed by atoms with Crippen LogP contribution in [0.1, 0.15) is 17.2 Å². The van der Waals surface area contributed by atoms with Crippen molar-refractivity contribution in [3.05, 3.63) is 63.9 Å². The smallest absolute Gasteiger partial charge is 0.0624 e. The number of hydrogen-bond donors (Lipinski definition) is 1. The fourth-order valence-electron chi connectivity index (χ4n) is 2.94. The van der Waals surface area contributed by atoms with Gasteiger partial charge in [-0.1, -0.05) is 41.4 Å². The number of halogens is 2. The zero-order valence-corrected chi connectivity index (χ0v) is 13.8. The van der Waals surface area contributed by atoms with Crippen molar-refractivity contribution < 1.29 is 0 Å². The van der Waals surface area contributed by atoms with Gasteiger partial charge in [-0.3, -0.25) is 9.88 Å². The SMILES string of the molecule is Clc1cccc(CC(c2cccnc2)N2CCNCC2)c1Cl. The van der Waals surface area contributed by atoms with E-state index in [-0.39, 0.29) is 6.04 Å². The molecule has 1 aliphatic rings. The van der Waals surface area contributed by atoms with Crippen molar-refractivity contribution in [1.82, 2.24) is 15.2 Å². The summed E-state index contributed by atoms with van der Waals surface area (Å²) in [6.45, 7) is 4.08. The van der Waals surface area contributed by atoms with E-state index >= 15 is 0 Å². The average molecular weight is 336 g/mol. The van der Waals surface area contributed by atoms with Gasteiger partial charge in [0.05, 0.1) is 10.0 Å². The van der Waals surface area contributed by atoms with E-state index in [1.54, 1.807) is 0 Å². The van der Waals surface area contributed by atoms with Crippen molar-refractivity contribution >= 4 is 23.2 Å². The van der Waals surface area contributed by atoms with Crippen LogP contribution >= 0.6 is 23.2 Å². The van der Waals surface area contributed by atoms with E-state index in [1.807, 2.05) is 30.6 Å². The van der Waals surface area contributed by atoms with Crippen molar-refractivity contribution in [2.45, 2.75) is 12.5 Å². The van der Waals surface area contributed by atoms with Crippen LogP contribution in [-0.2, 0) is 6.42 Å². The van der Waals surface area contributed by atoms with Crippen LogP contribution in [0.25, 0.3) is 0 Å². The lowest BCUT2D eigenvalue weighted by molar-refractivity contribution is 0.172. The molecule has 0 radical (unpaired) electrons. The van der Waals surface area contributed by atoms with Gasteiger partial charge in [0.15, 0.2) is 0 Å². The van der Waals surface area contributed by atoms with Gasteiger partial charge >= 0.3 is 0 Å². The molecular weight excluding hydrogens is 317 g/mol. The molecule has 2 heterocycles. The van der Waals surface area contributed by atoms with Gasteiger partial charge < -0.3 is 5.32 Å². The Morgan fingerprint density at radius 2 is 1.95 bits per heavy atom. The summed E-state index contributed by atoms with van der Waals surface area (Å²) in [5.41, 5.74) is 2.31. The lowest BCUT2D eigenvalue weighted by Gasteiger charge is -2.35. The van der Waals surface area contributed by atoms with Crippen LogP contribution < -0.4 is 5.32 Å². The maximum Gasteiger partial charge on any atom is 0.0624 e. The van der Waals surface area contributed by atoms with Crippen LogP contribution in [0.2, 0.25) is 10.0 Å². The van der Waals surface area contributed by atoms with E-state index in [2.05, 4.69) is 27.3 Å². The molecule has 1 aromatic heterocycles. The predicted octanol–water partition coefficient (Wildman–Crippen LogP) is 3.58. The molecule has 3 rings (SSSR count). The quantitative estimate of drug-likeness (QED) is 0.925. The van der Waals surface area contributed by atoms with Crippen molar-refractivity contribution in [1.29, 1.82) is 0 Å². The molecular formula is C17H19Cl2N3. The summed E-state index contributed by atoms with van der Waals surface area (Å²) in [5, 5.41) is 4.68. The third-order valence-corrected chi connectivity index (χ3v) is 4.96. The van der Waals surface area contributed by atoms with Gasteiger partial charge in [0.1, 0.15) is 0 Å². The Kier molecular flexibility index (Phi) is 5.32. The van der Waals surface area contributed by atoms with Gasteiger partial charge in [-0.15, -0.1) is 0 Å². The summed E-state index contributed by atoms with van der Waals surface area (Å²) in [6.07, 6.45) is 4.60. The van der Waals surface area contributed by atoms with Gasteiger partial charge in [-0.2, -0.15) is 0 Å². The number of hydrogen-bond acceptors (Lipinski definition) is 3. The van der Waals surface area contributed by atoms with E-state index in [0.29, 0.717) is 10.0 Å². The highest BCUT2D eigenvalue weighted by molar-refractivity contribution is 6.42. The molecule has 2 aromatic rings. The number of rotatable bonds is 4. The van der Waals surface area contributed by atoms with Crippen molar-refractivity contribution in [3.63, 3.8) is 0 Å². The highest BCUT2D eigenvalue weighted by atomic mass is 35.5. The first kappa shape index (κ1) is 15.8. The zero-order chi connectivity index (χ0) is 15.4. The second kappa shape index (κ2) is 7.42. The molecule has 1 aliphatic heterocycles. The Morgan fingerprint density at radius 3 is 2.68 bits per heavy atom. The van der Waals surface area contributed by atoms with Crippen molar-refractivity contribution in [3.8, 4) is 0 Å². The summed E-state index contributed by atoms with van der Waals surface area (Å²) >= 11 is 12.5. The van der Waals surface area contributed by atoms with Crippen LogP contribution in [-0.4, -0.2) is 36.1 Å². The number of benzene rings is 1. The molecule has 22 heavy (non-hydrogen) atoms. The topological polar surface area (TPSA) is 28.2 Å². The van der Waals surface area contributed by atoms with E-state index < -0.39 is 0 Å². The summed E-state index contributed by atoms with van der Waals surface area (Å²) < 4.78 is 0. The highest BCUT2D eigenvalue weighted by Gasteiger charge is 2.23. The number of piperazine rings is 1. The fraction of sp³-hybridized carbons (Fsp3) is 0.353. The molecule has 0 aliphatic carbocycles. The Bertz CT molecular complexity index is 613. The number of nitrogens with zero attached hydrogens (tertiary/aromatic N) is 2. The molecule has 1 unspecified atom stereocenters. The van der Waals surface area contributed by atoms with E-state index in [4.69, 9.17) is 23.2 Å². The Labute approximate surface area is 141 Å². The van der Waals surface area contributed by atoms with Gasteiger partial charge in [0, 0.05) is 44.6 Å². The minimum atomic E-state index is 0.270. The maximum atomic E-state index is 6.39. The number of aromatic nitrogens is 1. The standard InChI is InChI=1S/C17H19Cl2N3/c18-15-5-1-3-13(17(15)19)11-16(14-4-2-6-21-12-14)22-9-7-20-8-10-22/h1-6,12,16,20H,7-11H2. The molecule has 1 N–H and O–H groups in total. The van der Waals surface area contributed by atoms with Crippen LogP contribution in [0.4, 0.5) is 0 Å². The number of pyridine rings is 1. The van der Waals surface area contributed by atoms with Crippen molar-refractivity contribution in [2.24, 2.45) is 0 Å². The normalized spacial score (nSPS) is 17.4. The second-order valence-corrected chi connectivity index (χ2v) is 6.29. The maximum absolute atomic E-state index is 6.39. The average Bonchev–Trinajstić information content (AvgIpc) is 2.58. The van der Waals surface area contributed by atoms with Crippen LogP contribution in [0.5, 0.6) is 0 Å². The van der Waals surface area contributed by atoms with Gasteiger partial charge in [-0.25, -0.2) is 0 Å². The Hall–Kier alpha value is -1.13. The van der Waals surface area contributed by atoms with E-state index in [9.17, 15) is 0 Å². The van der Waals surface area contributed by atoms with Crippen LogP contribution in [0, 0.1) is 0 Å². The minimum absolute atomic E-state index is 0.270. The number of nitrogens with one attached hydrogen (secondary N) is 1. The molecule has 0 spiro atoms. The monoisotopic (exact) mass is 335 g/mol. The summed E-state index contributed by atoms with van der Waals surface area (Å²) in [4.78, 5) is 6.77. The molecule has 0 bridgehead atoms. The summed E-state index contributed by atoms with van der Waals surface area (Å²) in [5.74, 6) is 0. The first-order valence-electron chi connectivity index (χ1n) is 7.53. The first-order chi connectivity index (χ1) is 10.8. The highest BCUT2D eigenvalue weighted by Crippen LogP contribution is 2.31. The molecule has 1 atom stereocenters. The molecule has 3 nitrogen and oxygen atoms in total. The lowest BCUT2D eigenvalue weighted by Crippen LogP contribution is -2.45. The molecule has 1 aromatic carbocycles. The molecule has 1 saturated heterocycles. The molecule has 5 heteroatoms. The molecule has 0 amide bonds. The predicted molar refractivity (Wildman–Crippen MR) is 91.6 cm³/mol. The van der Waals surface area contributed by atoms with Gasteiger partial charge in [0.2, 0.25) is 0 Å². The van der Waals surface area contributed by atoms with E-state index in [0.717, 1.165) is 38.2 Å². The fourth-order valence-corrected chi connectivity index (χ4v) is 3.34. The zero-order valence-electron chi connectivity index (χ0n) is 12.3. The van der Waals surface area contributed by atoms with E-state index in [1.165, 1.54) is 5.56 Å². The Balaban J connectivity index is 1.89. The molecule has 116 valence electrons. The van der Waals surface area contributed by atoms with Crippen LogP contribution in [0.3, 0.4) is 0 Å². The van der Waals surface area contributed by atoms with Gasteiger partial charge in [0.25, 0.3) is 0 Å². The molecule has 0 saturated carbocycles. The lowest BCUT2D eigenvalue weighted by atomic mass is 9.98. The molecule has 1 fully saturated rings. The third kappa shape index (κ3) is 3.61. The summed E-state index contributed by atoms with van der Waals surface area (Å²) in [6, 6.07) is 10.2. The first-order valence-corrected chi connectivity index (χ1v) is 8.29. The third-order valence-electron chi connectivity index (χ3n) is 4.11. The van der Waals surface area contributed by atoms with Crippen LogP contribution in [0.15, 0.2) is 42.7 Å². The largest absolute Gasteiger partial charge is 0.314 e. The summed E-state index contributed by atoms with van der Waals surface area (Å²) in [7, 11) is 0. The van der Waals surface area contributed by atoms with Gasteiger partial charge in [-0.05, 0) is 29.7 Å². The second-order valence-electron chi connectivity index (χ2n) is 5.51. The minimum Gasteiger partial charge on any atom is -0.314 e. The Morgan fingerprint density at radius 1 is 1.14 bits per heavy atom.